The predicted octanol–water partition coefficient (Wildman–Crippen LogP) is 3.02. The maximum atomic E-state index is 13.3. The largest absolute Gasteiger partial charge is 0.365 e. The third-order valence-electron chi connectivity index (χ3n) is 4.09. The average molecular weight is 296 g/mol. The molecule has 1 saturated heterocycles. The minimum atomic E-state index is -0.585. The van der Waals surface area contributed by atoms with Crippen LogP contribution >= 0.6 is 11.6 Å². The van der Waals surface area contributed by atoms with E-state index in [9.17, 15) is 4.39 Å². The summed E-state index contributed by atoms with van der Waals surface area (Å²) in [5, 5.41) is 4.50. The fraction of sp³-hybridized carbons (Fsp3) is 0.429. The van der Waals surface area contributed by atoms with Crippen LogP contribution in [0.1, 0.15) is 19.4 Å². The molecule has 20 heavy (non-hydrogen) atoms. The molecule has 0 aliphatic carbocycles. The van der Waals surface area contributed by atoms with Crippen molar-refractivity contribution in [2.75, 3.05) is 0 Å². The first kappa shape index (κ1) is 13.5. The minimum Gasteiger partial charge on any atom is -0.365 e. The van der Waals surface area contributed by atoms with Gasteiger partial charge < -0.3 is 4.74 Å². The summed E-state index contributed by atoms with van der Waals surface area (Å²) in [6.07, 6.45) is 3.24. The molecule has 3 rings (SSSR count). The Bertz CT molecular complexity index is 619. The number of nitrogens with zero attached hydrogens (tertiary/aromatic N) is 3. The van der Waals surface area contributed by atoms with Crippen LogP contribution in [0.3, 0.4) is 0 Å². The van der Waals surface area contributed by atoms with Gasteiger partial charge in [-0.1, -0.05) is 24.6 Å². The van der Waals surface area contributed by atoms with E-state index in [1.54, 1.807) is 17.1 Å². The molecule has 1 aliphatic heterocycles. The van der Waals surface area contributed by atoms with Gasteiger partial charge in [-0.2, -0.15) is 5.10 Å². The number of halogens is 2. The van der Waals surface area contributed by atoms with E-state index >= 15 is 0 Å². The standard InChI is InChI=1S/C14H15ClFN3O/c1-9-10(2)20-14(9,6-19-8-17-7-18-19)12-4-3-11(16)5-13(12)15/h3-5,7-10H,6H2,1-2H3/t9-,10+,14+/m0/s1. The molecule has 0 N–H and O–H groups in total. The van der Waals surface area contributed by atoms with Crippen LogP contribution in [0.25, 0.3) is 0 Å². The molecule has 0 unspecified atom stereocenters. The van der Waals surface area contributed by atoms with Crippen molar-refractivity contribution in [2.45, 2.75) is 32.1 Å². The number of hydrogen-bond acceptors (Lipinski definition) is 3. The Balaban J connectivity index is 2.02. The van der Waals surface area contributed by atoms with Crippen LogP contribution in [0.4, 0.5) is 4.39 Å². The maximum absolute atomic E-state index is 13.3. The molecule has 1 aliphatic rings. The van der Waals surface area contributed by atoms with Crippen molar-refractivity contribution in [2.24, 2.45) is 5.92 Å². The molecule has 0 bridgehead atoms. The molecule has 2 heterocycles. The fourth-order valence-corrected chi connectivity index (χ4v) is 3.14. The normalized spacial score (nSPS) is 29.2. The number of ether oxygens (including phenoxy) is 1. The highest BCUT2D eigenvalue weighted by Crippen LogP contribution is 2.50. The van der Waals surface area contributed by atoms with Gasteiger partial charge in [0.15, 0.2) is 0 Å². The molecule has 0 saturated carbocycles. The van der Waals surface area contributed by atoms with E-state index < -0.39 is 5.60 Å². The first-order valence-corrected chi connectivity index (χ1v) is 6.86. The zero-order chi connectivity index (χ0) is 14.3. The summed E-state index contributed by atoms with van der Waals surface area (Å²) in [4.78, 5) is 3.94. The van der Waals surface area contributed by atoms with Crippen molar-refractivity contribution in [1.29, 1.82) is 0 Å². The van der Waals surface area contributed by atoms with Crippen molar-refractivity contribution in [3.8, 4) is 0 Å². The Hall–Kier alpha value is -1.46. The van der Waals surface area contributed by atoms with Crippen LogP contribution < -0.4 is 0 Å². The van der Waals surface area contributed by atoms with Gasteiger partial charge in [0.05, 0.1) is 12.6 Å². The van der Waals surface area contributed by atoms with Crippen molar-refractivity contribution in [1.82, 2.24) is 14.8 Å². The Morgan fingerprint density at radius 3 is 2.80 bits per heavy atom. The highest BCUT2D eigenvalue weighted by molar-refractivity contribution is 6.31. The third kappa shape index (κ3) is 2.01. The van der Waals surface area contributed by atoms with Crippen molar-refractivity contribution in [3.63, 3.8) is 0 Å². The molecule has 6 heteroatoms. The van der Waals surface area contributed by atoms with Gasteiger partial charge in [-0.05, 0) is 19.1 Å². The Labute approximate surface area is 121 Å². The molecule has 0 amide bonds. The molecule has 2 aromatic rings. The fourth-order valence-electron chi connectivity index (χ4n) is 2.81. The van der Waals surface area contributed by atoms with Gasteiger partial charge in [-0.25, -0.2) is 14.1 Å². The van der Waals surface area contributed by atoms with Crippen LogP contribution in [-0.2, 0) is 16.9 Å². The lowest BCUT2D eigenvalue weighted by atomic mass is 9.73. The van der Waals surface area contributed by atoms with Crippen LogP contribution in [-0.4, -0.2) is 20.9 Å². The van der Waals surface area contributed by atoms with Crippen molar-refractivity contribution < 1.29 is 9.13 Å². The van der Waals surface area contributed by atoms with Crippen LogP contribution in [0, 0.1) is 11.7 Å². The lowest BCUT2D eigenvalue weighted by Crippen LogP contribution is -2.57. The summed E-state index contributed by atoms with van der Waals surface area (Å²) in [5.74, 6) is -0.107. The smallest absolute Gasteiger partial charge is 0.137 e. The molecular weight excluding hydrogens is 281 g/mol. The number of rotatable bonds is 3. The molecular formula is C14H15ClFN3O. The molecule has 3 atom stereocenters. The summed E-state index contributed by atoms with van der Waals surface area (Å²) in [5.41, 5.74) is 0.208. The van der Waals surface area contributed by atoms with Gasteiger partial charge in [0.1, 0.15) is 24.1 Å². The van der Waals surface area contributed by atoms with Gasteiger partial charge in [0.2, 0.25) is 0 Å². The van der Waals surface area contributed by atoms with E-state index in [0.29, 0.717) is 11.6 Å². The number of hydrogen-bond donors (Lipinski definition) is 0. The monoisotopic (exact) mass is 295 g/mol. The van der Waals surface area contributed by atoms with Gasteiger partial charge in [-0.3, -0.25) is 0 Å². The zero-order valence-electron chi connectivity index (χ0n) is 11.3. The Kier molecular flexibility index (Phi) is 3.26. The van der Waals surface area contributed by atoms with E-state index in [1.165, 1.54) is 18.5 Å². The Morgan fingerprint density at radius 2 is 2.25 bits per heavy atom. The van der Waals surface area contributed by atoms with E-state index in [1.807, 2.05) is 6.92 Å². The molecule has 1 aromatic carbocycles. The molecule has 0 spiro atoms. The van der Waals surface area contributed by atoms with Crippen LogP contribution in [0.5, 0.6) is 0 Å². The minimum absolute atomic E-state index is 0.125. The van der Waals surface area contributed by atoms with Gasteiger partial charge in [0.25, 0.3) is 0 Å². The van der Waals surface area contributed by atoms with Crippen LogP contribution in [0.2, 0.25) is 5.02 Å². The molecule has 0 radical (unpaired) electrons. The van der Waals surface area contributed by atoms with E-state index in [-0.39, 0.29) is 17.8 Å². The van der Waals surface area contributed by atoms with Crippen LogP contribution in [0.15, 0.2) is 30.9 Å². The van der Waals surface area contributed by atoms with E-state index in [4.69, 9.17) is 16.3 Å². The topological polar surface area (TPSA) is 39.9 Å². The highest BCUT2D eigenvalue weighted by Gasteiger charge is 2.53. The number of benzene rings is 1. The summed E-state index contributed by atoms with van der Waals surface area (Å²) >= 11 is 6.21. The van der Waals surface area contributed by atoms with E-state index in [2.05, 4.69) is 17.0 Å². The maximum Gasteiger partial charge on any atom is 0.137 e. The Morgan fingerprint density at radius 1 is 1.45 bits per heavy atom. The second-order valence-corrected chi connectivity index (χ2v) is 5.63. The SMILES string of the molecule is C[C@H]1O[C@@](Cn2cncn2)(c2ccc(F)cc2Cl)[C@H]1C. The molecule has 4 nitrogen and oxygen atoms in total. The van der Waals surface area contributed by atoms with Crippen molar-refractivity contribution in [3.05, 3.63) is 47.3 Å². The first-order valence-electron chi connectivity index (χ1n) is 6.49. The highest BCUT2D eigenvalue weighted by atomic mass is 35.5. The average Bonchev–Trinajstić information content (AvgIpc) is 2.90. The van der Waals surface area contributed by atoms with Gasteiger partial charge in [-0.15, -0.1) is 0 Å². The second kappa shape index (κ2) is 4.82. The zero-order valence-corrected chi connectivity index (χ0v) is 12.0. The van der Waals surface area contributed by atoms with Gasteiger partial charge >= 0.3 is 0 Å². The van der Waals surface area contributed by atoms with Gasteiger partial charge in [0, 0.05) is 16.5 Å². The quantitative estimate of drug-likeness (QED) is 0.874. The summed E-state index contributed by atoms with van der Waals surface area (Å²) < 4.78 is 21.0. The predicted molar refractivity (Wildman–Crippen MR) is 72.8 cm³/mol. The van der Waals surface area contributed by atoms with E-state index in [0.717, 1.165) is 5.56 Å². The molecule has 1 fully saturated rings. The second-order valence-electron chi connectivity index (χ2n) is 5.22. The lowest BCUT2D eigenvalue weighted by molar-refractivity contribution is -0.263. The lowest BCUT2D eigenvalue weighted by Gasteiger charge is -2.53. The summed E-state index contributed by atoms with van der Waals surface area (Å²) in [6, 6.07) is 4.42. The summed E-state index contributed by atoms with van der Waals surface area (Å²) in [6.45, 7) is 4.62. The first-order chi connectivity index (χ1) is 9.53. The summed E-state index contributed by atoms with van der Waals surface area (Å²) in [7, 11) is 0. The number of aromatic nitrogens is 3. The third-order valence-corrected chi connectivity index (χ3v) is 4.40. The van der Waals surface area contributed by atoms with Crippen molar-refractivity contribution >= 4 is 11.6 Å². The molecule has 1 aromatic heterocycles. The molecule has 106 valence electrons.